The number of aryl methyl sites for hydroxylation is 1. The second-order valence-corrected chi connectivity index (χ2v) is 7.57. The van der Waals surface area contributed by atoms with Gasteiger partial charge in [-0.05, 0) is 36.2 Å². The molecule has 0 atom stereocenters. The number of aromatic nitrogens is 1. The molecule has 0 radical (unpaired) electrons. The molecule has 0 saturated heterocycles. The van der Waals surface area contributed by atoms with Crippen molar-refractivity contribution in [2.24, 2.45) is 0 Å². The lowest BCUT2D eigenvalue weighted by molar-refractivity contribution is -0.116. The van der Waals surface area contributed by atoms with Gasteiger partial charge in [0, 0.05) is 11.8 Å². The zero-order valence-corrected chi connectivity index (χ0v) is 14.8. The van der Waals surface area contributed by atoms with Crippen LogP contribution >= 0.6 is 34.3 Å². The maximum atomic E-state index is 12.0. The molecular weight excluding hydrogens is 362 g/mol. The van der Waals surface area contributed by atoms with Crippen LogP contribution in [0.3, 0.4) is 0 Å². The molecule has 3 rings (SSSR count). The number of rotatable bonds is 5. The van der Waals surface area contributed by atoms with E-state index in [0.29, 0.717) is 27.9 Å². The highest BCUT2D eigenvalue weighted by Crippen LogP contribution is 2.32. The summed E-state index contributed by atoms with van der Waals surface area (Å²) in [7, 11) is 0. The fourth-order valence-electron chi connectivity index (χ4n) is 2.08. The minimum atomic E-state index is -0.0792. The van der Waals surface area contributed by atoms with Crippen molar-refractivity contribution in [3.05, 3.63) is 57.2 Å². The first-order chi connectivity index (χ1) is 11.6. The lowest BCUT2D eigenvalue weighted by Gasteiger charge is -2.02. The van der Waals surface area contributed by atoms with E-state index in [1.807, 2.05) is 29.6 Å². The first kappa shape index (κ1) is 16.7. The Hall–Kier alpha value is -2.20. The number of amides is 1. The number of hydrogen-bond donors (Lipinski definition) is 1. The third-order valence-electron chi connectivity index (χ3n) is 3.30. The number of benzene rings is 1. The van der Waals surface area contributed by atoms with Crippen LogP contribution < -0.4 is 5.32 Å². The van der Waals surface area contributed by atoms with E-state index >= 15 is 0 Å². The molecule has 0 fully saturated rings. The minimum absolute atomic E-state index is 0.0792. The summed E-state index contributed by atoms with van der Waals surface area (Å²) >= 11 is 8.78. The molecule has 0 aliphatic heterocycles. The largest absolute Gasteiger partial charge is 0.302 e. The first-order valence-electron chi connectivity index (χ1n) is 7.14. The number of hydrogen-bond acceptors (Lipinski definition) is 5. The van der Waals surface area contributed by atoms with Gasteiger partial charge in [0.2, 0.25) is 5.91 Å². The van der Waals surface area contributed by atoms with E-state index in [4.69, 9.17) is 16.9 Å². The zero-order chi connectivity index (χ0) is 16.9. The average Bonchev–Trinajstić information content (AvgIpc) is 3.22. The summed E-state index contributed by atoms with van der Waals surface area (Å²) in [6.45, 7) is 0. The predicted octanol–water partition coefficient (Wildman–Crippen LogP) is 4.97. The van der Waals surface area contributed by atoms with Crippen LogP contribution in [0.4, 0.5) is 5.13 Å². The Morgan fingerprint density at radius 3 is 2.71 bits per heavy atom. The van der Waals surface area contributed by atoms with Crippen molar-refractivity contribution in [3.63, 3.8) is 0 Å². The Bertz CT molecular complexity index is 893. The smallest absolute Gasteiger partial charge is 0.226 e. The number of halogens is 1. The molecule has 0 saturated carbocycles. The van der Waals surface area contributed by atoms with Crippen LogP contribution in [0.5, 0.6) is 0 Å². The maximum Gasteiger partial charge on any atom is 0.226 e. The third kappa shape index (κ3) is 4.20. The Kier molecular flexibility index (Phi) is 5.26. The lowest BCUT2D eigenvalue weighted by atomic mass is 10.1. The molecule has 1 N–H and O–H groups in total. The van der Waals surface area contributed by atoms with Crippen LogP contribution in [0.15, 0.2) is 41.8 Å². The van der Waals surface area contributed by atoms with Crippen molar-refractivity contribution in [1.82, 2.24) is 4.98 Å². The van der Waals surface area contributed by atoms with Crippen molar-refractivity contribution in [2.75, 3.05) is 5.32 Å². The molecule has 4 nitrogen and oxygen atoms in total. The molecule has 2 aromatic heterocycles. The van der Waals surface area contributed by atoms with Gasteiger partial charge in [0.1, 0.15) is 0 Å². The summed E-state index contributed by atoms with van der Waals surface area (Å²) in [6.07, 6.45) is 0.988. The highest BCUT2D eigenvalue weighted by molar-refractivity contribution is 7.20. The maximum absolute atomic E-state index is 12.0. The van der Waals surface area contributed by atoms with E-state index in [1.165, 1.54) is 22.7 Å². The molecule has 7 heteroatoms. The number of thiazole rings is 1. The summed E-state index contributed by atoms with van der Waals surface area (Å²) in [5.41, 5.74) is 2.46. The van der Waals surface area contributed by atoms with Crippen molar-refractivity contribution >= 4 is 45.3 Å². The second kappa shape index (κ2) is 7.58. The van der Waals surface area contributed by atoms with E-state index in [2.05, 4.69) is 16.4 Å². The molecule has 0 aliphatic rings. The molecule has 3 aromatic rings. The minimum Gasteiger partial charge on any atom is -0.302 e. The number of carbonyl (C=O) groups is 1. The number of nitrogens with zero attached hydrogens (tertiary/aromatic N) is 2. The van der Waals surface area contributed by atoms with Crippen molar-refractivity contribution in [2.45, 2.75) is 12.8 Å². The molecule has 1 amide bonds. The highest BCUT2D eigenvalue weighted by atomic mass is 35.5. The van der Waals surface area contributed by atoms with Gasteiger partial charge in [-0.3, -0.25) is 4.79 Å². The normalized spacial score (nSPS) is 10.3. The van der Waals surface area contributed by atoms with Crippen LogP contribution in [-0.4, -0.2) is 10.9 Å². The van der Waals surface area contributed by atoms with Crippen molar-refractivity contribution in [1.29, 1.82) is 5.26 Å². The quantitative estimate of drug-likeness (QED) is 0.686. The van der Waals surface area contributed by atoms with Crippen LogP contribution in [0, 0.1) is 11.3 Å². The van der Waals surface area contributed by atoms with Gasteiger partial charge in [-0.1, -0.05) is 23.7 Å². The van der Waals surface area contributed by atoms with Gasteiger partial charge in [0.15, 0.2) is 5.13 Å². The van der Waals surface area contributed by atoms with Crippen LogP contribution in [-0.2, 0) is 11.2 Å². The molecule has 2 heterocycles. The Balaban J connectivity index is 1.55. The number of carbonyl (C=O) groups excluding carboxylic acids is 1. The summed E-state index contributed by atoms with van der Waals surface area (Å²) in [4.78, 5) is 17.4. The molecule has 0 unspecified atom stereocenters. The molecule has 0 bridgehead atoms. The van der Waals surface area contributed by atoms with Gasteiger partial charge >= 0.3 is 0 Å². The SMILES string of the molecule is N#Cc1ccc(CCC(=O)Nc2nc(-c3ccc(Cl)s3)cs2)cc1. The van der Waals surface area contributed by atoms with Crippen molar-refractivity contribution in [3.8, 4) is 16.6 Å². The van der Waals surface area contributed by atoms with Crippen molar-refractivity contribution < 1.29 is 4.79 Å². The summed E-state index contributed by atoms with van der Waals surface area (Å²) in [5.74, 6) is -0.0792. The number of nitrogens with one attached hydrogen (secondary N) is 1. The summed E-state index contributed by atoms with van der Waals surface area (Å²) < 4.78 is 0.714. The van der Waals surface area contributed by atoms with Gasteiger partial charge in [-0.15, -0.1) is 22.7 Å². The highest BCUT2D eigenvalue weighted by Gasteiger charge is 2.10. The monoisotopic (exact) mass is 373 g/mol. The molecular formula is C17H12ClN3OS2. The molecule has 1 aromatic carbocycles. The average molecular weight is 374 g/mol. The number of thiophene rings is 1. The summed E-state index contributed by atoms with van der Waals surface area (Å²) in [5, 5.41) is 14.1. The Labute approximate surface area is 152 Å². The topological polar surface area (TPSA) is 65.8 Å². The Morgan fingerprint density at radius 1 is 1.25 bits per heavy atom. The van der Waals surface area contributed by atoms with Gasteiger partial charge in [-0.25, -0.2) is 4.98 Å². The second-order valence-electron chi connectivity index (χ2n) is 5.00. The zero-order valence-electron chi connectivity index (χ0n) is 12.5. The van der Waals surface area contributed by atoms with Crippen LogP contribution in [0.25, 0.3) is 10.6 Å². The standard InChI is InChI=1S/C17H12ClN3OS2/c18-15-7-6-14(24-15)13-10-23-17(20-13)21-16(22)8-5-11-1-3-12(9-19)4-2-11/h1-4,6-7,10H,5,8H2,(H,20,21,22). The molecule has 0 spiro atoms. The van der Waals surface area contributed by atoms with Gasteiger partial charge in [0.25, 0.3) is 0 Å². The molecule has 120 valence electrons. The van der Waals surface area contributed by atoms with Crippen LogP contribution in [0.2, 0.25) is 4.34 Å². The van der Waals surface area contributed by atoms with Gasteiger partial charge < -0.3 is 5.32 Å². The van der Waals surface area contributed by atoms with E-state index in [9.17, 15) is 4.79 Å². The molecule has 0 aliphatic carbocycles. The fraction of sp³-hybridized carbons (Fsp3) is 0.118. The number of anilines is 1. The van der Waals surface area contributed by atoms with E-state index in [0.717, 1.165) is 16.1 Å². The van der Waals surface area contributed by atoms with Gasteiger partial charge in [0.05, 0.1) is 26.5 Å². The predicted molar refractivity (Wildman–Crippen MR) is 98.5 cm³/mol. The third-order valence-corrected chi connectivity index (χ3v) is 5.31. The fourth-order valence-corrected chi connectivity index (χ4v) is 3.89. The van der Waals surface area contributed by atoms with E-state index in [1.54, 1.807) is 12.1 Å². The lowest BCUT2D eigenvalue weighted by Crippen LogP contribution is -2.12. The van der Waals surface area contributed by atoms with Crippen LogP contribution in [0.1, 0.15) is 17.5 Å². The summed E-state index contributed by atoms with van der Waals surface area (Å²) in [6, 6.07) is 13.1. The van der Waals surface area contributed by atoms with E-state index in [-0.39, 0.29) is 5.91 Å². The Morgan fingerprint density at radius 2 is 2.04 bits per heavy atom. The van der Waals surface area contributed by atoms with E-state index < -0.39 is 0 Å². The van der Waals surface area contributed by atoms with Gasteiger partial charge in [-0.2, -0.15) is 5.26 Å². The number of nitriles is 1. The first-order valence-corrected chi connectivity index (χ1v) is 9.21. The molecule has 24 heavy (non-hydrogen) atoms.